The molecule has 2 aliphatic rings. The van der Waals surface area contributed by atoms with Crippen molar-refractivity contribution in [3.63, 3.8) is 0 Å². The summed E-state index contributed by atoms with van der Waals surface area (Å²) in [4.78, 5) is 25.4. The van der Waals surface area contributed by atoms with Crippen LogP contribution in [0.4, 0.5) is 5.82 Å². The number of piperazine rings is 1. The molecule has 2 fully saturated rings. The molecule has 2 aromatic rings. The van der Waals surface area contributed by atoms with Crippen LogP contribution in [0.3, 0.4) is 0 Å². The molecule has 4 rings (SSSR count). The third kappa shape index (κ3) is 4.30. The van der Waals surface area contributed by atoms with Gasteiger partial charge in [0.25, 0.3) is 5.91 Å². The van der Waals surface area contributed by atoms with Crippen LogP contribution in [0.15, 0.2) is 41.6 Å². The van der Waals surface area contributed by atoms with E-state index in [1.54, 1.807) is 23.4 Å². The first-order chi connectivity index (χ1) is 14.4. The molecule has 160 valence electrons. The van der Waals surface area contributed by atoms with Gasteiger partial charge < -0.3 is 14.5 Å². The van der Waals surface area contributed by atoms with E-state index in [2.05, 4.69) is 14.9 Å². The zero-order chi connectivity index (χ0) is 21.1. The first-order valence-electron chi connectivity index (χ1n) is 9.96. The first kappa shape index (κ1) is 20.7. The second kappa shape index (κ2) is 8.66. The second-order valence-corrected chi connectivity index (χ2v) is 9.28. The Balaban J connectivity index is 1.39. The van der Waals surface area contributed by atoms with E-state index >= 15 is 0 Å². The number of amides is 1. The molecule has 0 saturated carbocycles. The fourth-order valence-electron chi connectivity index (χ4n) is 3.64. The lowest BCUT2D eigenvalue weighted by atomic mass is 10.2. The molecule has 1 amide bonds. The van der Waals surface area contributed by atoms with Gasteiger partial charge in [0.15, 0.2) is 0 Å². The predicted octanol–water partition coefficient (Wildman–Crippen LogP) is 0.768. The quantitative estimate of drug-likeness (QED) is 0.705. The number of hydrogen-bond donors (Lipinski definition) is 0. The van der Waals surface area contributed by atoms with Crippen LogP contribution in [0.2, 0.25) is 0 Å². The standard InChI is InChI=1S/C20H25N5O4S/c1-16-14-19(22-15-21-16)23-6-8-24(9-7-23)20(26)17-2-4-18(5-3-17)30(27,28)25-10-12-29-13-11-25/h2-5,14-15H,6-13H2,1H3. The van der Waals surface area contributed by atoms with E-state index in [1.165, 1.54) is 16.4 Å². The maximum atomic E-state index is 12.9. The van der Waals surface area contributed by atoms with Gasteiger partial charge in [-0.1, -0.05) is 0 Å². The minimum Gasteiger partial charge on any atom is -0.379 e. The molecule has 0 unspecified atom stereocenters. The normalized spacial score (nSPS) is 18.4. The van der Waals surface area contributed by atoms with Gasteiger partial charge in [-0.3, -0.25) is 4.79 Å². The number of morpholine rings is 1. The third-order valence-electron chi connectivity index (χ3n) is 5.39. The SMILES string of the molecule is Cc1cc(N2CCN(C(=O)c3ccc(S(=O)(=O)N4CCOCC4)cc3)CC2)ncn1. The summed E-state index contributed by atoms with van der Waals surface area (Å²) in [6.07, 6.45) is 1.55. The number of carbonyl (C=O) groups is 1. The van der Waals surface area contributed by atoms with Gasteiger partial charge in [0.05, 0.1) is 18.1 Å². The van der Waals surface area contributed by atoms with Gasteiger partial charge in [0.2, 0.25) is 10.0 Å². The minimum absolute atomic E-state index is 0.0937. The first-order valence-corrected chi connectivity index (χ1v) is 11.4. The number of benzene rings is 1. The molecule has 0 spiro atoms. The molecule has 9 nitrogen and oxygen atoms in total. The van der Waals surface area contributed by atoms with Gasteiger partial charge >= 0.3 is 0 Å². The van der Waals surface area contributed by atoms with E-state index in [9.17, 15) is 13.2 Å². The highest BCUT2D eigenvalue weighted by Gasteiger charge is 2.27. The molecular weight excluding hydrogens is 406 g/mol. The van der Waals surface area contributed by atoms with Gasteiger partial charge in [-0.2, -0.15) is 4.31 Å². The maximum Gasteiger partial charge on any atom is 0.253 e. The van der Waals surface area contributed by atoms with Crippen molar-refractivity contribution in [1.29, 1.82) is 0 Å². The summed E-state index contributed by atoms with van der Waals surface area (Å²) >= 11 is 0. The summed E-state index contributed by atoms with van der Waals surface area (Å²) in [5.74, 6) is 0.774. The lowest BCUT2D eigenvalue weighted by Crippen LogP contribution is -2.49. The molecule has 30 heavy (non-hydrogen) atoms. The van der Waals surface area contributed by atoms with Crippen molar-refractivity contribution in [2.75, 3.05) is 57.4 Å². The van der Waals surface area contributed by atoms with Crippen LogP contribution in [0.25, 0.3) is 0 Å². The van der Waals surface area contributed by atoms with Crippen molar-refractivity contribution in [1.82, 2.24) is 19.2 Å². The fraction of sp³-hybridized carbons (Fsp3) is 0.450. The Bertz CT molecular complexity index is 998. The highest BCUT2D eigenvalue weighted by Crippen LogP contribution is 2.19. The Labute approximate surface area is 176 Å². The number of carbonyl (C=O) groups excluding carboxylic acids is 1. The van der Waals surface area contributed by atoms with E-state index in [0.717, 1.165) is 11.5 Å². The van der Waals surface area contributed by atoms with Crippen LogP contribution in [0.5, 0.6) is 0 Å². The second-order valence-electron chi connectivity index (χ2n) is 7.34. The number of aryl methyl sites for hydroxylation is 1. The molecule has 0 radical (unpaired) electrons. The van der Waals surface area contributed by atoms with Gasteiger partial charge in [-0.25, -0.2) is 18.4 Å². The predicted molar refractivity (Wildman–Crippen MR) is 111 cm³/mol. The zero-order valence-electron chi connectivity index (χ0n) is 16.9. The lowest BCUT2D eigenvalue weighted by molar-refractivity contribution is 0.0730. The highest BCUT2D eigenvalue weighted by atomic mass is 32.2. The van der Waals surface area contributed by atoms with Crippen molar-refractivity contribution in [3.8, 4) is 0 Å². The van der Waals surface area contributed by atoms with E-state index in [4.69, 9.17) is 4.74 Å². The minimum atomic E-state index is -3.56. The number of hydrogen-bond acceptors (Lipinski definition) is 7. The molecule has 3 heterocycles. The van der Waals surface area contributed by atoms with Crippen LogP contribution in [0, 0.1) is 6.92 Å². The number of anilines is 1. The Morgan fingerprint density at radius 2 is 1.63 bits per heavy atom. The van der Waals surface area contributed by atoms with Gasteiger partial charge in [-0.05, 0) is 31.2 Å². The fourth-order valence-corrected chi connectivity index (χ4v) is 5.05. The number of sulfonamides is 1. The van der Waals surface area contributed by atoms with Crippen LogP contribution >= 0.6 is 0 Å². The van der Waals surface area contributed by atoms with E-state index in [0.29, 0.717) is 58.0 Å². The van der Waals surface area contributed by atoms with Crippen molar-refractivity contribution >= 4 is 21.7 Å². The highest BCUT2D eigenvalue weighted by molar-refractivity contribution is 7.89. The van der Waals surface area contributed by atoms with Crippen LogP contribution in [0.1, 0.15) is 16.1 Å². The lowest BCUT2D eigenvalue weighted by Gasteiger charge is -2.35. The van der Waals surface area contributed by atoms with Crippen molar-refractivity contribution in [2.45, 2.75) is 11.8 Å². The monoisotopic (exact) mass is 431 g/mol. The molecule has 0 aliphatic carbocycles. The topological polar surface area (TPSA) is 95.9 Å². The number of rotatable bonds is 4. The summed E-state index contributed by atoms with van der Waals surface area (Å²) in [5.41, 5.74) is 1.40. The van der Waals surface area contributed by atoms with Crippen molar-refractivity contribution in [3.05, 3.63) is 47.9 Å². The average molecular weight is 432 g/mol. The Morgan fingerprint density at radius 1 is 0.967 bits per heavy atom. The van der Waals surface area contributed by atoms with Crippen molar-refractivity contribution in [2.24, 2.45) is 0 Å². The largest absolute Gasteiger partial charge is 0.379 e. The number of ether oxygens (including phenoxy) is 1. The summed E-state index contributed by atoms with van der Waals surface area (Å²) in [6.45, 7) is 5.95. The van der Waals surface area contributed by atoms with Gasteiger partial charge in [-0.15, -0.1) is 0 Å². The summed E-state index contributed by atoms with van der Waals surface area (Å²) < 4.78 is 32.1. The van der Waals surface area contributed by atoms with Gasteiger partial charge in [0, 0.05) is 56.6 Å². The molecular formula is C20H25N5O4S. The Morgan fingerprint density at radius 3 is 2.27 bits per heavy atom. The molecule has 10 heteroatoms. The third-order valence-corrected chi connectivity index (χ3v) is 7.30. The molecule has 2 saturated heterocycles. The van der Waals surface area contributed by atoms with Crippen LogP contribution in [-0.4, -0.2) is 86.0 Å². The molecule has 1 aromatic heterocycles. The Hall–Kier alpha value is -2.56. The molecule has 0 bridgehead atoms. The summed E-state index contributed by atoms with van der Waals surface area (Å²) in [7, 11) is -3.56. The van der Waals surface area contributed by atoms with Gasteiger partial charge in [0.1, 0.15) is 12.1 Å². The van der Waals surface area contributed by atoms with E-state index in [-0.39, 0.29) is 10.8 Å². The Kier molecular flexibility index (Phi) is 5.98. The molecule has 1 aromatic carbocycles. The summed E-state index contributed by atoms with van der Waals surface area (Å²) in [5, 5.41) is 0. The van der Waals surface area contributed by atoms with Crippen molar-refractivity contribution < 1.29 is 17.9 Å². The smallest absolute Gasteiger partial charge is 0.253 e. The van der Waals surface area contributed by atoms with Crippen LogP contribution in [-0.2, 0) is 14.8 Å². The zero-order valence-corrected chi connectivity index (χ0v) is 17.7. The number of aromatic nitrogens is 2. The molecule has 0 atom stereocenters. The maximum absolute atomic E-state index is 12.9. The van der Waals surface area contributed by atoms with Crippen LogP contribution < -0.4 is 4.90 Å². The van der Waals surface area contributed by atoms with E-state index in [1.807, 2.05) is 13.0 Å². The average Bonchev–Trinajstić information content (AvgIpc) is 2.79. The molecule has 0 N–H and O–H groups in total. The molecule has 2 aliphatic heterocycles. The summed E-state index contributed by atoms with van der Waals surface area (Å²) in [6, 6.07) is 8.15. The van der Waals surface area contributed by atoms with E-state index < -0.39 is 10.0 Å². The number of nitrogens with zero attached hydrogens (tertiary/aromatic N) is 5.